The number of ether oxygens (including phenoxy) is 2. The number of carbonyl (C=O) groups is 3. The van der Waals surface area contributed by atoms with Crippen LogP contribution in [0.4, 0.5) is 4.79 Å². The van der Waals surface area contributed by atoms with Crippen LogP contribution in [0.25, 0.3) is 10.9 Å². The molecule has 2 amide bonds. The van der Waals surface area contributed by atoms with E-state index in [1.807, 2.05) is 59.0 Å². The number of likely N-dealkylation sites (N-methyl/N-ethyl adjacent to an activating group) is 2. The van der Waals surface area contributed by atoms with E-state index < -0.39 is 17.7 Å². The second-order valence-electron chi connectivity index (χ2n) is 12.5. The number of H-pyrrole nitrogens is 1. The SMILES string of the molecule is CCN(C[C@H]1COCCN1CC)C(=O)OC(C)(C)C.CO.Cc1cc(C(=O)NC[C@@H](O)CCCC[C@H](C)C(=O)O)cc2cc[nH]c12. The first-order valence-corrected chi connectivity index (χ1v) is 16.3. The van der Waals surface area contributed by atoms with Crippen LogP contribution in [0.2, 0.25) is 0 Å². The lowest BCUT2D eigenvalue weighted by molar-refractivity contribution is -0.141. The van der Waals surface area contributed by atoms with Gasteiger partial charge in [0, 0.05) is 56.0 Å². The minimum Gasteiger partial charge on any atom is -0.481 e. The van der Waals surface area contributed by atoms with Crippen molar-refractivity contribution in [1.29, 1.82) is 0 Å². The molecule has 0 aliphatic carbocycles. The van der Waals surface area contributed by atoms with Gasteiger partial charge in [-0.15, -0.1) is 0 Å². The number of aryl methyl sites for hydroxylation is 1. The highest BCUT2D eigenvalue weighted by Crippen LogP contribution is 2.19. The number of carboxylic acids is 1. The molecule has 0 unspecified atom stereocenters. The molecule has 1 aromatic carbocycles. The Morgan fingerprint density at radius 1 is 1.17 bits per heavy atom. The highest BCUT2D eigenvalue weighted by atomic mass is 16.6. The molecular formula is C34H58N4O8. The van der Waals surface area contributed by atoms with E-state index in [1.54, 1.807) is 11.8 Å². The van der Waals surface area contributed by atoms with Gasteiger partial charge in [-0.05, 0) is 77.8 Å². The number of aromatic amines is 1. The van der Waals surface area contributed by atoms with Gasteiger partial charge in [-0.25, -0.2) is 4.79 Å². The summed E-state index contributed by atoms with van der Waals surface area (Å²) in [6.45, 7) is 18.3. The molecule has 5 N–H and O–H groups in total. The molecule has 0 bridgehead atoms. The number of aliphatic carboxylic acids is 1. The maximum absolute atomic E-state index is 12.3. The van der Waals surface area contributed by atoms with Crippen molar-refractivity contribution < 1.29 is 39.2 Å². The maximum Gasteiger partial charge on any atom is 0.410 e. The average Bonchev–Trinajstić information content (AvgIpc) is 3.50. The van der Waals surface area contributed by atoms with Gasteiger partial charge in [0.1, 0.15) is 5.60 Å². The van der Waals surface area contributed by atoms with Crippen molar-refractivity contribution in [3.63, 3.8) is 0 Å². The van der Waals surface area contributed by atoms with Crippen LogP contribution in [0.3, 0.4) is 0 Å². The number of morpholine rings is 1. The molecule has 3 atom stereocenters. The molecule has 1 saturated heterocycles. The van der Waals surface area contributed by atoms with E-state index in [9.17, 15) is 19.5 Å². The highest BCUT2D eigenvalue weighted by molar-refractivity contribution is 5.99. The summed E-state index contributed by atoms with van der Waals surface area (Å²) in [4.78, 5) is 42.3. The third kappa shape index (κ3) is 14.5. The summed E-state index contributed by atoms with van der Waals surface area (Å²) >= 11 is 0. The van der Waals surface area contributed by atoms with Crippen LogP contribution >= 0.6 is 0 Å². The third-order valence-electron chi connectivity index (χ3n) is 7.68. The molecule has 12 nitrogen and oxygen atoms in total. The predicted octanol–water partition coefficient (Wildman–Crippen LogP) is 4.42. The van der Waals surface area contributed by atoms with Crippen LogP contribution in [-0.2, 0) is 14.3 Å². The number of amides is 2. The molecule has 1 aliphatic rings. The second kappa shape index (κ2) is 20.8. The van der Waals surface area contributed by atoms with E-state index in [0.29, 0.717) is 38.1 Å². The molecule has 1 aliphatic heterocycles. The van der Waals surface area contributed by atoms with Gasteiger partial charge in [-0.3, -0.25) is 14.5 Å². The smallest absolute Gasteiger partial charge is 0.410 e. The van der Waals surface area contributed by atoms with Gasteiger partial charge in [0.2, 0.25) is 0 Å². The molecule has 1 fully saturated rings. The fourth-order valence-corrected chi connectivity index (χ4v) is 5.04. The Bertz CT molecular complexity index is 1200. The number of hydrogen-bond acceptors (Lipinski definition) is 8. The van der Waals surface area contributed by atoms with Crippen LogP contribution in [0.5, 0.6) is 0 Å². The zero-order valence-corrected chi connectivity index (χ0v) is 29.1. The van der Waals surface area contributed by atoms with Gasteiger partial charge in [0.25, 0.3) is 5.91 Å². The van der Waals surface area contributed by atoms with Crippen molar-refractivity contribution in [2.24, 2.45) is 5.92 Å². The summed E-state index contributed by atoms with van der Waals surface area (Å²) in [6, 6.07) is 5.85. The van der Waals surface area contributed by atoms with Gasteiger partial charge < -0.3 is 40.0 Å². The van der Waals surface area contributed by atoms with Crippen LogP contribution < -0.4 is 5.32 Å². The predicted molar refractivity (Wildman–Crippen MR) is 180 cm³/mol. The standard InChI is InChI=1S/C19H26N2O4.C14H28N2O3.CH4O/c1-12(19(24)25)5-3-4-6-16(22)11-21-18(23)15-9-13(2)17-14(10-15)7-8-20-17;1-6-15-8-9-18-11-12(15)10-16(7-2)13(17)19-14(3,4)5;1-2/h7-10,12,16,20,22H,3-6,11H2,1-2H3,(H,21,23)(H,24,25);12H,6-11H2,1-5H3;2H,1H3/t12-,16-;12-;/m00./s1. The first kappa shape index (κ1) is 40.8. The molecule has 3 rings (SSSR count). The lowest BCUT2D eigenvalue weighted by atomic mass is 10.0. The topological polar surface area (TPSA) is 165 Å². The van der Waals surface area contributed by atoms with Crippen molar-refractivity contribution in [1.82, 2.24) is 20.1 Å². The Morgan fingerprint density at radius 3 is 2.46 bits per heavy atom. The number of hydrogen-bond donors (Lipinski definition) is 5. The van der Waals surface area contributed by atoms with Crippen molar-refractivity contribution in [2.45, 2.75) is 91.9 Å². The Balaban J connectivity index is 0.000000452. The van der Waals surface area contributed by atoms with Crippen molar-refractivity contribution in [3.05, 3.63) is 35.5 Å². The number of nitrogens with one attached hydrogen (secondary N) is 2. The fraction of sp³-hybridized carbons (Fsp3) is 0.676. The van der Waals surface area contributed by atoms with Gasteiger partial charge in [0.15, 0.2) is 0 Å². The van der Waals surface area contributed by atoms with E-state index >= 15 is 0 Å². The molecule has 262 valence electrons. The first-order chi connectivity index (χ1) is 21.7. The van der Waals surface area contributed by atoms with Crippen LogP contribution in [0.15, 0.2) is 24.4 Å². The number of nitrogens with zero attached hydrogens (tertiary/aromatic N) is 2. The normalized spacial score (nSPS) is 16.3. The monoisotopic (exact) mass is 650 g/mol. The van der Waals surface area contributed by atoms with Crippen LogP contribution in [-0.4, -0.2) is 119 Å². The van der Waals surface area contributed by atoms with E-state index in [2.05, 4.69) is 22.1 Å². The molecule has 12 heteroatoms. The molecule has 2 heterocycles. The molecule has 1 aromatic heterocycles. The second-order valence-corrected chi connectivity index (χ2v) is 12.5. The Labute approximate surface area is 274 Å². The number of aliphatic hydroxyl groups excluding tert-OH is 2. The van der Waals surface area contributed by atoms with E-state index in [4.69, 9.17) is 19.7 Å². The Kier molecular flexibility index (Phi) is 18.5. The first-order valence-electron chi connectivity index (χ1n) is 16.3. The third-order valence-corrected chi connectivity index (χ3v) is 7.68. The van der Waals surface area contributed by atoms with Gasteiger partial charge in [-0.1, -0.05) is 26.7 Å². The minimum atomic E-state index is -0.789. The molecule has 2 aromatic rings. The van der Waals surface area contributed by atoms with E-state index in [1.165, 1.54) is 0 Å². The summed E-state index contributed by atoms with van der Waals surface area (Å²) in [6.07, 6.45) is 3.62. The average molecular weight is 651 g/mol. The summed E-state index contributed by atoms with van der Waals surface area (Å²) in [5.41, 5.74) is 2.15. The zero-order chi connectivity index (χ0) is 34.9. The van der Waals surface area contributed by atoms with Crippen molar-refractivity contribution >= 4 is 28.9 Å². The molecule has 0 spiro atoms. The molecule has 0 saturated carbocycles. The number of fused-ring (bicyclic) bond motifs is 1. The van der Waals surface area contributed by atoms with Gasteiger partial charge >= 0.3 is 12.1 Å². The number of aromatic nitrogens is 1. The molecular weight excluding hydrogens is 592 g/mol. The number of unbranched alkanes of at least 4 members (excludes halogenated alkanes) is 1. The van der Waals surface area contributed by atoms with Gasteiger partial charge in [0.05, 0.1) is 31.3 Å². The number of aliphatic hydroxyl groups is 2. The number of rotatable bonds is 13. The summed E-state index contributed by atoms with van der Waals surface area (Å²) in [5.74, 6) is -1.35. The number of carboxylic acid groups (broad SMARTS) is 1. The Morgan fingerprint density at radius 2 is 1.85 bits per heavy atom. The summed E-state index contributed by atoms with van der Waals surface area (Å²) in [5, 5.41) is 29.5. The lowest BCUT2D eigenvalue weighted by Crippen LogP contribution is -2.52. The van der Waals surface area contributed by atoms with Crippen LogP contribution in [0.1, 0.15) is 83.1 Å². The zero-order valence-electron chi connectivity index (χ0n) is 29.1. The largest absolute Gasteiger partial charge is 0.481 e. The summed E-state index contributed by atoms with van der Waals surface area (Å²) < 4.78 is 10.9. The molecule has 0 radical (unpaired) electrons. The van der Waals surface area contributed by atoms with Crippen molar-refractivity contribution in [2.75, 3.05) is 53.0 Å². The fourth-order valence-electron chi connectivity index (χ4n) is 5.04. The van der Waals surface area contributed by atoms with Crippen molar-refractivity contribution in [3.8, 4) is 0 Å². The highest BCUT2D eigenvalue weighted by Gasteiger charge is 2.28. The minimum absolute atomic E-state index is 0.192. The van der Waals surface area contributed by atoms with E-state index in [-0.39, 0.29) is 30.5 Å². The van der Waals surface area contributed by atoms with E-state index in [0.717, 1.165) is 56.1 Å². The summed E-state index contributed by atoms with van der Waals surface area (Å²) in [7, 11) is 1.00. The lowest BCUT2D eigenvalue weighted by Gasteiger charge is -2.37. The Hall–Kier alpha value is -3.19. The number of benzene rings is 1. The molecule has 46 heavy (non-hydrogen) atoms. The maximum atomic E-state index is 12.3. The number of carbonyl (C=O) groups excluding carboxylic acids is 2. The van der Waals surface area contributed by atoms with Gasteiger partial charge in [-0.2, -0.15) is 0 Å². The van der Waals surface area contributed by atoms with Crippen LogP contribution in [0, 0.1) is 12.8 Å². The quantitative estimate of drug-likeness (QED) is 0.197.